The minimum absolute atomic E-state index is 0.133. The molecule has 1 fully saturated rings. The zero-order valence-electron chi connectivity index (χ0n) is 19.0. The number of nitrogens with one attached hydrogen (secondary N) is 1. The number of aliphatic hydroxyl groups is 2. The fraction of sp³-hybridized carbons (Fsp3) is 0.524. The average molecular weight is 495 g/mol. The normalized spacial score (nSPS) is 27.3. The molecule has 184 valence electrons. The fourth-order valence-corrected chi connectivity index (χ4v) is 5.56. The largest absolute Gasteiger partial charge is 0.450 e. The Morgan fingerprint density at radius 2 is 1.91 bits per heavy atom. The summed E-state index contributed by atoms with van der Waals surface area (Å²) in [7, 11) is 0. The van der Waals surface area contributed by atoms with Crippen LogP contribution in [0.3, 0.4) is 0 Å². The molecule has 1 aromatic carbocycles. The number of aromatic nitrogens is 2. The Kier molecular flexibility index (Phi) is 5.37. The van der Waals surface area contributed by atoms with Crippen LogP contribution in [0.2, 0.25) is 0 Å². The van der Waals surface area contributed by atoms with Gasteiger partial charge in [-0.1, -0.05) is 0 Å². The number of hydroxylamine groups is 2. The van der Waals surface area contributed by atoms with Crippen molar-refractivity contribution in [2.75, 3.05) is 11.9 Å². The van der Waals surface area contributed by atoms with E-state index >= 15 is 0 Å². The summed E-state index contributed by atoms with van der Waals surface area (Å²) in [5.41, 5.74) is 0.204. The smallest absolute Gasteiger partial charge is 0.351 e. The number of aliphatic hydroxyl groups excluding tert-OH is 2. The molecule has 3 aliphatic heterocycles. The first-order valence-electron chi connectivity index (χ1n) is 10.7. The monoisotopic (exact) mass is 494 g/mol. The lowest BCUT2D eigenvalue weighted by Gasteiger charge is -2.37. The minimum Gasteiger partial charge on any atom is -0.450 e. The number of anilines is 2. The van der Waals surface area contributed by atoms with Crippen LogP contribution in [0.5, 0.6) is 11.5 Å². The topological polar surface area (TPSA) is 156 Å². The Balaban J connectivity index is 1.52. The van der Waals surface area contributed by atoms with Crippen LogP contribution < -0.4 is 15.7 Å². The van der Waals surface area contributed by atoms with Crippen molar-refractivity contribution in [3.63, 3.8) is 0 Å². The van der Waals surface area contributed by atoms with E-state index in [4.69, 9.17) is 13.8 Å². The second-order valence-corrected chi connectivity index (χ2v) is 10.2. The molecule has 13 heteroatoms. The van der Waals surface area contributed by atoms with Gasteiger partial charge < -0.3 is 25.0 Å². The van der Waals surface area contributed by atoms with E-state index < -0.39 is 46.6 Å². The second kappa shape index (κ2) is 7.81. The van der Waals surface area contributed by atoms with Gasteiger partial charge in [0, 0.05) is 6.42 Å². The first-order chi connectivity index (χ1) is 15.9. The standard InChI is InChI=1S/C21H26N4O8S/c1-20(2)10-5-12-14(6-11(10)21(3,4)25(20)33-34(29)30)31-15-8-24(19(28)23-18(15)22-12)17-7-13(27)16(9-26)32-17/h5-6,8,13,16-17,26-27H,7,9H2,1-4H3,(H,29,30)(H,22,23,28)/t13-,16+,17+/m0/s1. The SMILES string of the molecule is CC1(C)c2cc3c(cc2C(C)(C)N1OS(=O)O)Oc1cn([C@H]2C[C@H](O)[C@@H](CO)O2)c(=O)nc1N3. The van der Waals surface area contributed by atoms with Crippen molar-refractivity contribution in [2.24, 2.45) is 0 Å². The van der Waals surface area contributed by atoms with E-state index in [0.29, 0.717) is 11.4 Å². The van der Waals surface area contributed by atoms with E-state index in [0.717, 1.165) is 11.1 Å². The first-order valence-corrected chi connectivity index (χ1v) is 11.8. The van der Waals surface area contributed by atoms with Crippen molar-refractivity contribution in [3.8, 4) is 11.5 Å². The molecule has 3 aliphatic rings. The van der Waals surface area contributed by atoms with E-state index in [1.165, 1.54) is 15.8 Å². The van der Waals surface area contributed by atoms with Crippen molar-refractivity contribution < 1.29 is 32.7 Å². The molecule has 1 unspecified atom stereocenters. The maximum absolute atomic E-state index is 12.7. The Labute approximate surface area is 197 Å². The van der Waals surface area contributed by atoms with Crippen LogP contribution in [-0.2, 0) is 31.5 Å². The van der Waals surface area contributed by atoms with Gasteiger partial charge in [0.25, 0.3) is 0 Å². The van der Waals surface area contributed by atoms with Crippen LogP contribution in [0.25, 0.3) is 0 Å². The summed E-state index contributed by atoms with van der Waals surface area (Å²) in [6.45, 7) is 7.15. The fourth-order valence-electron chi connectivity index (χ4n) is 5.06. The number of nitrogens with zero attached hydrogens (tertiary/aromatic N) is 3. The maximum Gasteiger partial charge on any atom is 0.351 e. The predicted molar refractivity (Wildman–Crippen MR) is 120 cm³/mol. The number of ether oxygens (including phenoxy) is 2. The van der Waals surface area contributed by atoms with Gasteiger partial charge in [-0.3, -0.25) is 9.12 Å². The van der Waals surface area contributed by atoms with Crippen LogP contribution in [0.4, 0.5) is 11.5 Å². The molecule has 12 nitrogen and oxygen atoms in total. The van der Waals surface area contributed by atoms with E-state index in [1.807, 2.05) is 39.8 Å². The van der Waals surface area contributed by atoms with Gasteiger partial charge in [-0.15, -0.1) is 0 Å². The number of fused-ring (bicyclic) bond motifs is 3. The second-order valence-electron chi connectivity index (χ2n) is 9.58. The highest BCUT2D eigenvalue weighted by atomic mass is 32.2. The molecule has 34 heavy (non-hydrogen) atoms. The minimum atomic E-state index is -2.50. The molecular formula is C21H26N4O8S. The summed E-state index contributed by atoms with van der Waals surface area (Å²) in [6.07, 6.45) is -0.866. The van der Waals surface area contributed by atoms with Crippen LogP contribution in [0.15, 0.2) is 23.1 Å². The summed E-state index contributed by atoms with van der Waals surface area (Å²) < 4.78 is 39.0. The van der Waals surface area contributed by atoms with Gasteiger partial charge in [-0.05, 0) is 51.0 Å². The zero-order valence-corrected chi connectivity index (χ0v) is 19.8. The van der Waals surface area contributed by atoms with E-state index in [2.05, 4.69) is 10.3 Å². The van der Waals surface area contributed by atoms with E-state index in [-0.39, 0.29) is 24.6 Å². The quantitative estimate of drug-likeness (QED) is 0.391. The molecule has 0 saturated carbocycles. The number of benzene rings is 1. The highest BCUT2D eigenvalue weighted by Gasteiger charge is 2.52. The summed E-state index contributed by atoms with van der Waals surface area (Å²) in [5.74, 6) is 0.998. The highest BCUT2D eigenvalue weighted by Crippen LogP contribution is 2.54. The Bertz CT molecular complexity index is 1250. The van der Waals surface area contributed by atoms with Gasteiger partial charge in [-0.2, -0.15) is 18.5 Å². The number of hydrogen-bond donors (Lipinski definition) is 4. The lowest BCUT2D eigenvalue weighted by molar-refractivity contribution is -0.185. The van der Waals surface area contributed by atoms with Gasteiger partial charge in [0.05, 0.1) is 35.7 Å². The van der Waals surface area contributed by atoms with Crippen molar-refractivity contribution in [3.05, 3.63) is 39.9 Å². The van der Waals surface area contributed by atoms with Crippen LogP contribution in [0.1, 0.15) is 51.5 Å². The van der Waals surface area contributed by atoms with Crippen molar-refractivity contribution in [1.82, 2.24) is 14.6 Å². The Morgan fingerprint density at radius 3 is 2.53 bits per heavy atom. The molecular weight excluding hydrogens is 468 g/mol. The molecule has 2 aromatic rings. The van der Waals surface area contributed by atoms with Gasteiger partial charge in [0.15, 0.2) is 17.3 Å². The Morgan fingerprint density at radius 1 is 1.24 bits per heavy atom. The summed E-state index contributed by atoms with van der Waals surface area (Å²) >= 11 is -2.50. The van der Waals surface area contributed by atoms with Crippen molar-refractivity contribution >= 4 is 22.9 Å². The zero-order chi connectivity index (χ0) is 24.6. The molecule has 1 saturated heterocycles. The number of hydrogen-bond acceptors (Lipinski definition) is 10. The van der Waals surface area contributed by atoms with Crippen LogP contribution in [0, 0.1) is 0 Å². The Hall–Kier alpha value is -2.39. The molecule has 0 radical (unpaired) electrons. The summed E-state index contributed by atoms with van der Waals surface area (Å²) in [4.78, 5) is 16.8. The first kappa shape index (κ1) is 23.4. The van der Waals surface area contributed by atoms with Gasteiger partial charge in [-0.25, -0.2) is 4.79 Å². The maximum atomic E-state index is 12.7. The van der Waals surface area contributed by atoms with Gasteiger partial charge >= 0.3 is 17.1 Å². The molecule has 5 rings (SSSR count). The molecule has 4 atom stereocenters. The predicted octanol–water partition coefficient (Wildman–Crippen LogP) is 1.59. The third-order valence-electron chi connectivity index (χ3n) is 6.68. The van der Waals surface area contributed by atoms with Gasteiger partial charge in [0.2, 0.25) is 0 Å². The highest BCUT2D eigenvalue weighted by molar-refractivity contribution is 7.74. The summed E-state index contributed by atoms with van der Waals surface area (Å²) in [6, 6.07) is 3.69. The van der Waals surface area contributed by atoms with Crippen LogP contribution >= 0.6 is 0 Å². The molecule has 4 N–H and O–H groups in total. The lowest BCUT2D eigenvalue weighted by atomic mass is 9.89. The summed E-state index contributed by atoms with van der Waals surface area (Å²) in [5, 5.41) is 24.0. The molecule has 1 aromatic heterocycles. The third kappa shape index (κ3) is 3.47. The van der Waals surface area contributed by atoms with E-state index in [1.54, 1.807) is 0 Å². The molecule has 0 amide bonds. The van der Waals surface area contributed by atoms with Gasteiger partial charge in [0.1, 0.15) is 12.3 Å². The van der Waals surface area contributed by atoms with Crippen molar-refractivity contribution in [2.45, 2.75) is 63.6 Å². The van der Waals surface area contributed by atoms with Crippen molar-refractivity contribution in [1.29, 1.82) is 0 Å². The van der Waals surface area contributed by atoms with Crippen LogP contribution in [-0.4, -0.2) is 52.4 Å². The molecule has 4 heterocycles. The molecule has 0 spiro atoms. The third-order valence-corrected chi connectivity index (χ3v) is 6.95. The average Bonchev–Trinajstić information content (AvgIpc) is 3.20. The molecule has 0 bridgehead atoms. The number of rotatable bonds is 4. The molecule has 0 aliphatic carbocycles. The van der Waals surface area contributed by atoms with E-state index in [9.17, 15) is 23.8 Å². The lowest BCUT2D eigenvalue weighted by Crippen LogP contribution is -2.45.